The molecule has 0 aliphatic carbocycles. The molecule has 0 amide bonds. The lowest BCUT2D eigenvalue weighted by molar-refractivity contribution is 0.218. The van der Waals surface area contributed by atoms with Gasteiger partial charge in [0.25, 0.3) is 0 Å². The van der Waals surface area contributed by atoms with Gasteiger partial charge in [0.15, 0.2) is 0 Å². The Hall–Kier alpha value is 0.150. The van der Waals surface area contributed by atoms with E-state index in [0.717, 1.165) is 12.8 Å². The van der Waals surface area contributed by atoms with E-state index in [1.54, 1.807) is 0 Å². The SMILES string of the molecule is CCCCCCCCCCCCCCCC.CCCCCCCCCCCCCCCCO[PH](=O)OCCCCCCCCCCCCCCCC. The molecule has 0 saturated carbocycles. The predicted octanol–water partition coefficient (Wildman–Crippen LogP) is 18.9. The fourth-order valence-corrected chi connectivity index (χ4v) is 7.92. The van der Waals surface area contributed by atoms with E-state index in [9.17, 15) is 4.57 Å². The van der Waals surface area contributed by atoms with Crippen LogP contribution < -0.4 is 0 Å². The molecule has 0 unspecified atom stereocenters. The monoisotopic (exact) mass is 757 g/mol. The summed E-state index contributed by atoms with van der Waals surface area (Å²) < 4.78 is 22.6. The first-order valence-electron chi connectivity index (χ1n) is 24.5. The molecule has 0 radical (unpaired) electrons. The predicted molar refractivity (Wildman–Crippen MR) is 238 cm³/mol. The van der Waals surface area contributed by atoms with Gasteiger partial charge in [-0.1, -0.05) is 285 Å². The van der Waals surface area contributed by atoms with E-state index in [1.807, 2.05) is 0 Å². The summed E-state index contributed by atoms with van der Waals surface area (Å²) in [5, 5.41) is 0. The highest BCUT2D eigenvalue weighted by Crippen LogP contribution is 2.25. The third-order valence-corrected chi connectivity index (χ3v) is 11.8. The van der Waals surface area contributed by atoms with Crippen LogP contribution >= 0.6 is 8.25 Å². The van der Waals surface area contributed by atoms with Gasteiger partial charge in [0.2, 0.25) is 0 Å². The molecule has 0 N–H and O–H groups in total. The van der Waals surface area contributed by atoms with Crippen LogP contribution in [0.5, 0.6) is 0 Å². The maximum Gasteiger partial charge on any atom is 0.319 e. The zero-order valence-corrected chi connectivity index (χ0v) is 37.8. The topological polar surface area (TPSA) is 35.5 Å². The number of hydrogen-bond donors (Lipinski definition) is 0. The van der Waals surface area contributed by atoms with Crippen LogP contribution in [0.25, 0.3) is 0 Å². The van der Waals surface area contributed by atoms with E-state index >= 15 is 0 Å². The Bertz CT molecular complexity index is 562. The Morgan fingerprint density at radius 2 is 0.365 bits per heavy atom. The molecule has 0 heterocycles. The first kappa shape index (κ1) is 54.3. The summed E-state index contributed by atoms with van der Waals surface area (Å²) in [5.74, 6) is 0. The molecule has 0 aliphatic heterocycles. The van der Waals surface area contributed by atoms with Crippen LogP contribution in [0.1, 0.15) is 297 Å². The van der Waals surface area contributed by atoms with Crippen molar-refractivity contribution in [2.75, 3.05) is 13.2 Å². The molecule has 0 atom stereocenters. The molecule has 0 aromatic carbocycles. The smallest absolute Gasteiger partial charge is 0.311 e. The Morgan fingerprint density at radius 3 is 0.519 bits per heavy atom. The van der Waals surface area contributed by atoms with Crippen molar-refractivity contribution in [3.63, 3.8) is 0 Å². The highest BCUT2D eigenvalue weighted by molar-refractivity contribution is 7.33. The van der Waals surface area contributed by atoms with Crippen molar-refractivity contribution in [1.82, 2.24) is 0 Å². The zero-order chi connectivity index (χ0) is 38.1. The molecule has 4 heteroatoms. The normalized spacial score (nSPS) is 11.4. The second-order valence-electron chi connectivity index (χ2n) is 16.4. The standard InChI is InChI=1S/C32H67O3P.C16H34/c1-3-5-7-9-11-13-15-17-19-21-23-25-27-29-31-34-36(33)35-32-30-28-26-24-22-20-18-16-14-12-10-8-6-4-2;1-3-5-7-9-11-13-15-16-14-12-10-8-6-4-2/h36H,3-32H2,1-2H3;3-16H2,1-2H3. The molecular formula is C48H101O3P. The van der Waals surface area contributed by atoms with Gasteiger partial charge in [-0.3, -0.25) is 4.57 Å². The van der Waals surface area contributed by atoms with Crippen LogP contribution in [-0.4, -0.2) is 13.2 Å². The summed E-state index contributed by atoms with van der Waals surface area (Å²) in [6.07, 6.45) is 58.2. The zero-order valence-electron chi connectivity index (χ0n) is 36.8. The molecule has 0 saturated heterocycles. The maximum absolute atomic E-state index is 11.9. The van der Waals surface area contributed by atoms with Gasteiger partial charge in [-0.25, -0.2) is 0 Å². The Balaban J connectivity index is 0. The van der Waals surface area contributed by atoms with E-state index in [2.05, 4.69) is 27.7 Å². The highest BCUT2D eigenvalue weighted by atomic mass is 31.1. The number of hydrogen-bond acceptors (Lipinski definition) is 3. The van der Waals surface area contributed by atoms with Crippen molar-refractivity contribution in [1.29, 1.82) is 0 Å². The quantitative estimate of drug-likeness (QED) is 0.0458. The van der Waals surface area contributed by atoms with Gasteiger partial charge < -0.3 is 9.05 Å². The number of unbranched alkanes of at least 4 members (excludes halogenated alkanes) is 39. The molecule has 0 aromatic heterocycles. The van der Waals surface area contributed by atoms with Gasteiger partial charge in [-0.05, 0) is 12.8 Å². The maximum atomic E-state index is 11.9. The minimum atomic E-state index is -2.27. The van der Waals surface area contributed by atoms with Gasteiger partial charge in [0.1, 0.15) is 0 Å². The summed E-state index contributed by atoms with van der Waals surface area (Å²) in [6.45, 7) is 10.3. The van der Waals surface area contributed by atoms with Crippen LogP contribution in [0.3, 0.4) is 0 Å². The molecule has 0 spiro atoms. The Morgan fingerprint density at radius 1 is 0.231 bits per heavy atom. The van der Waals surface area contributed by atoms with Crippen molar-refractivity contribution in [2.24, 2.45) is 0 Å². The third kappa shape index (κ3) is 54.5. The second kappa shape index (κ2) is 53.3. The largest absolute Gasteiger partial charge is 0.319 e. The van der Waals surface area contributed by atoms with Crippen LogP contribution in [0.15, 0.2) is 0 Å². The van der Waals surface area contributed by atoms with Crippen molar-refractivity contribution >= 4 is 8.25 Å². The van der Waals surface area contributed by atoms with Gasteiger partial charge in [-0.2, -0.15) is 0 Å². The van der Waals surface area contributed by atoms with Crippen molar-refractivity contribution in [2.45, 2.75) is 297 Å². The lowest BCUT2D eigenvalue weighted by atomic mass is 10.0. The van der Waals surface area contributed by atoms with Gasteiger partial charge in [0.05, 0.1) is 13.2 Å². The first-order chi connectivity index (χ1) is 25.7. The van der Waals surface area contributed by atoms with E-state index in [0.29, 0.717) is 13.2 Å². The minimum Gasteiger partial charge on any atom is -0.311 e. The average molecular weight is 757 g/mol. The molecular weight excluding hydrogens is 655 g/mol. The molecule has 3 nitrogen and oxygen atoms in total. The molecule has 0 fully saturated rings. The van der Waals surface area contributed by atoms with E-state index in [1.165, 1.54) is 257 Å². The van der Waals surface area contributed by atoms with Crippen LogP contribution in [0.2, 0.25) is 0 Å². The van der Waals surface area contributed by atoms with Gasteiger partial charge in [0, 0.05) is 0 Å². The summed E-state index contributed by atoms with van der Waals surface area (Å²) in [7, 11) is -2.27. The van der Waals surface area contributed by atoms with Crippen LogP contribution in [0, 0.1) is 0 Å². The van der Waals surface area contributed by atoms with E-state index in [-0.39, 0.29) is 0 Å². The summed E-state index contributed by atoms with van der Waals surface area (Å²) in [6, 6.07) is 0. The van der Waals surface area contributed by atoms with Gasteiger partial charge in [-0.15, -0.1) is 0 Å². The molecule has 52 heavy (non-hydrogen) atoms. The van der Waals surface area contributed by atoms with E-state index in [4.69, 9.17) is 9.05 Å². The summed E-state index contributed by atoms with van der Waals surface area (Å²) in [4.78, 5) is 0. The third-order valence-electron chi connectivity index (χ3n) is 10.9. The molecule has 0 aliphatic rings. The van der Waals surface area contributed by atoms with Crippen LogP contribution in [-0.2, 0) is 13.6 Å². The lowest BCUT2D eigenvalue weighted by Crippen LogP contribution is -1.92. The van der Waals surface area contributed by atoms with Crippen molar-refractivity contribution < 1.29 is 13.6 Å². The minimum absolute atomic E-state index is 0.592. The summed E-state index contributed by atoms with van der Waals surface area (Å²) in [5.41, 5.74) is 0. The summed E-state index contributed by atoms with van der Waals surface area (Å²) >= 11 is 0. The lowest BCUT2D eigenvalue weighted by Gasteiger charge is -2.06. The molecule has 316 valence electrons. The highest BCUT2D eigenvalue weighted by Gasteiger charge is 2.01. The molecule has 0 rings (SSSR count). The van der Waals surface area contributed by atoms with E-state index < -0.39 is 8.25 Å². The van der Waals surface area contributed by atoms with Crippen LogP contribution in [0.4, 0.5) is 0 Å². The Labute approximate surface area is 331 Å². The fourth-order valence-electron chi connectivity index (χ4n) is 7.21. The molecule has 0 aromatic rings. The molecule has 0 bridgehead atoms. The van der Waals surface area contributed by atoms with Crippen molar-refractivity contribution in [3.8, 4) is 0 Å². The fraction of sp³-hybridized carbons (Fsp3) is 1.00. The van der Waals surface area contributed by atoms with Gasteiger partial charge >= 0.3 is 8.25 Å². The average Bonchev–Trinajstić information content (AvgIpc) is 3.15. The first-order valence-corrected chi connectivity index (χ1v) is 25.7. The second-order valence-corrected chi connectivity index (χ2v) is 17.5. The number of rotatable bonds is 45. The van der Waals surface area contributed by atoms with Crippen molar-refractivity contribution in [3.05, 3.63) is 0 Å². The Kier molecular flexibility index (Phi) is 55.6.